The second kappa shape index (κ2) is 7.87. The normalized spacial score (nSPS) is 13.5. The number of methoxy groups -OCH3 is 2. The Bertz CT molecular complexity index is 1040. The minimum Gasteiger partial charge on any atom is -0.493 e. The fourth-order valence-electron chi connectivity index (χ4n) is 2.90. The summed E-state index contributed by atoms with van der Waals surface area (Å²) in [6.07, 6.45) is 4.58. The number of hydrogen-bond acceptors (Lipinski definition) is 7. The van der Waals surface area contributed by atoms with Crippen LogP contribution in [-0.2, 0) is 21.2 Å². The maximum Gasteiger partial charge on any atom is 0.267 e. The van der Waals surface area contributed by atoms with Crippen molar-refractivity contribution >= 4 is 27.8 Å². The molecular formula is C18H19N3O6S. The molecule has 2 N–H and O–H groups in total. The Kier molecular flexibility index (Phi) is 5.52. The first-order valence-corrected chi connectivity index (χ1v) is 9.70. The summed E-state index contributed by atoms with van der Waals surface area (Å²) in [6, 6.07) is 6.17. The number of hydroxylamine groups is 1. The van der Waals surface area contributed by atoms with Crippen LogP contribution < -0.4 is 19.3 Å². The fraction of sp³-hybridized carbons (Fsp3) is 0.222. The second-order valence-electron chi connectivity index (χ2n) is 5.90. The first-order valence-electron chi connectivity index (χ1n) is 8.26. The first kappa shape index (κ1) is 19.6. The molecule has 1 aromatic carbocycles. The highest BCUT2D eigenvalue weighted by Gasteiger charge is 2.32. The standard InChI is InChI=1S/C18H19N3O6S/c1-26-15-5-4-14(10-16(15)27-2)28(24,25)21-8-7-13-9-12(11-19-18(13)21)3-6-17(22)20-23/h3-6,9-11,23H,7-8H2,1-2H3,(H,20,22). The van der Waals surface area contributed by atoms with Gasteiger partial charge in [0.15, 0.2) is 11.5 Å². The third-order valence-corrected chi connectivity index (χ3v) is 6.05. The lowest BCUT2D eigenvalue weighted by Gasteiger charge is -2.19. The molecule has 0 atom stereocenters. The monoisotopic (exact) mass is 405 g/mol. The lowest BCUT2D eigenvalue weighted by atomic mass is 10.1. The Balaban J connectivity index is 1.93. The van der Waals surface area contributed by atoms with Crippen LogP contribution in [0.4, 0.5) is 5.82 Å². The van der Waals surface area contributed by atoms with Gasteiger partial charge in [-0.05, 0) is 41.8 Å². The quantitative estimate of drug-likeness (QED) is 0.423. The number of ether oxygens (including phenoxy) is 2. The zero-order valence-electron chi connectivity index (χ0n) is 15.2. The van der Waals surface area contributed by atoms with E-state index in [4.69, 9.17) is 14.7 Å². The van der Waals surface area contributed by atoms with Gasteiger partial charge < -0.3 is 9.47 Å². The molecule has 3 rings (SSSR count). The van der Waals surface area contributed by atoms with Crippen molar-refractivity contribution in [1.29, 1.82) is 0 Å². The average Bonchev–Trinajstić information content (AvgIpc) is 3.15. The van der Waals surface area contributed by atoms with Gasteiger partial charge >= 0.3 is 0 Å². The molecule has 28 heavy (non-hydrogen) atoms. The van der Waals surface area contributed by atoms with Crippen molar-refractivity contribution in [2.45, 2.75) is 11.3 Å². The topological polar surface area (TPSA) is 118 Å². The fourth-order valence-corrected chi connectivity index (χ4v) is 4.37. The van der Waals surface area contributed by atoms with Gasteiger partial charge in [-0.15, -0.1) is 0 Å². The molecule has 0 bridgehead atoms. The van der Waals surface area contributed by atoms with E-state index in [0.29, 0.717) is 29.3 Å². The molecule has 1 aromatic heterocycles. The van der Waals surface area contributed by atoms with Crippen molar-refractivity contribution in [1.82, 2.24) is 10.5 Å². The minimum absolute atomic E-state index is 0.0726. The molecule has 2 aromatic rings. The Hall–Kier alpha value is -3.11. The number of hydrogen-bond donors (Lipinski definition) is 2. The van der Waals surface area contributed by atoms with Gasteiger partial charge in [0, 0.05) is 24.9 Å². The van der Waals surface area contributed by atoms with Gasteiger partial charge in [0.25, 0.3) is 15.9 Å². The van der Waals surface area contributed by atoms with Crippen LogP contribution in [0.1, 0.15) is 11.1 Å². The number of amides is 1. The Morgan fingerprint density at radius 1 is 1.25 bits per heavy atom. The van der Waals surface area contributed by atoms with Crippen LogP contribution in [0.25, 0.3) is 6.08 Å². The molecule has 1 aliphatic heterocycles. The molecule has 1 aliphatic rings. The van der Waals surface area contributed by atoms with Crippen molar-refractivity contribution in [2.24, 2.45) is 0 Å². The van der Waals surface area contributed by atoms with Gasteiger partial charge in [0.1, 0.15) is 5.82 Å². The predicted molar refractivity (Wildman–Crippen MR) is 101 cm³/mol. The van der Waals surface area contributed by atoms with E-state index >= 15 is 0 Å². The molecule has 9 nitrogen and oxygen atoms in total. The van der Waals surface area contributed by atoms with Gasteiger partial charge in [-0.3, -0.25) is 10.0 Å². The van der Waals surface area contributed by atoms with Crippen molar-refractivity contribution in [3.05, 3.63) is 47.7 Å². The molecule has 0 spiro atoms. The number of carbonyl (C=O) groups excluding carboxylic acids is 1. The molecule has 0 aliphatic carbocycles. The number of sulfonamides is 1. The number of nitrogens with one attached hydrogen (secondary N) is 1. The van der Waals surface area contributed by atoms with Gasteiger partial charge in [0.05, 0.1) is 19.1 Å². The maximum atomic E-state index is 13.1. The smallest absolute Gasteiger partial charge is 0.267 e. The predicted octanol–water partition coefficient (Wildman–Crippen LogP) is 1.37. The number of aromatic nitrogens is 1. The highest BCUT2D eigenvalue weighted by atomic mass is 32.2. The Labute approximate surface area is 162 Å². The van der Waals surface area contributed by atoms with Gasteiger partial charge in [0.2, 0.25) is 0 Å². The molecule has 0 saturated heterocycles. The summed E-state index contributed by atoms with van der Waals surface area (Å²) < 4.78 is 37.8. The summed E-state index contributed by atoms with van der Waals surface area (Å²) in [7, 11) is -0.919. The average molecular weight is 405 g/mol. The molecule has 10 heteroatoms. The van der Waals surface area contributed by atoms with Gasteiger partial charge in [-0.1, -0.05) is 0 Å². The number of rotatable bonds is 6. The van der Waals surface area contributed by atoms with Crippen LogP contribution in [0.3, 0.4) is 0 Å². The number of nitrogens with zero attached hydrogens (tertiary/aromatic N) is 2. The maximum absolute atomic E-state index is 13.1. The third-order valence-electron chi connectivity index (χ3n) is 4.26. The number of anilines is 1. The number of pyridine rings is 1. The molecule has 0 radical (unpaired) electrons. The van der Waals surface area contributed by atoms with E-state index in [1.165, 1.54) is 54.5 Å². The summed E-state index contributed by atoms with van der Waals surface area (Å²) in [4.78, 5) is 15.4. The summed E-state index contributed by atoms with van der Waals surface area (Å²) >= 11 is 0. The molecule has 2 heterocycles. The van der Waals surface area contributed by atoms with E-state index in [1.54, 1.807) is 6.07 Å². The summed E-state index contributed by atoms with van der Waals surface area (Å²) in [6.45, 7) is 0.253. The van der Waals surface area contributed by atoms with E-state index < -0.39 is 15.9 Å². The Morgan fingerprint density at radius 2 is 2.00 bits per heavy atom. The van der Waals surface area contributed by atoms with E-state index in [0.717, 1.165) is 11.6 Å². The SMILES string of the molecule is COc1ccc(S(=O)(=O)N2CCc3cc(C=CC(=O)NO)cnc32)cc1OC. The van der Waals surface area contributed by atoms with Crippen LogP contribution in [0.5, 0.6) is 11.5 Å². The highest BCUT2D eigenvalue weighted by Crippen LogP contribution is 2.35. The summed E-state index contributed by atoms with van der Waals surface area (Å²) in [5.74, 6) is 0.431. The van der Waals surface area contributed by atoms with Gasteiger partial charge in [-0.25, -0.2) is 23.2 Å². The van der Waals surface area contributed by atoms with E-state index in [9.17, 15) is 13.2 Å². The van der Waals surface area contributed by atoms with Crippen LogP contribution in [-0.4, -0.2) is 45.3 Å². The Morgan fingerprint density at radius 3 is 2.68 bits per heavy atom. The molecule has 148 valence electrons. The van der Waals surface area contributed by atoms with Crippen molar-refractivity contribution in [3.63, 3.8) is 0 Å². The first-order chi connectivity index (χ1) is 13.4. The van der Waals surface area contributed by atoms with Crippen LogP contribution in [0.2, 0.25) is 0 Å². The molecule has 0 unspecified atom stereocenters. The number of fused-ring (bicyclic) bond motifs is 1. The zero-order chi connectivity index (χ0) is 20.3. The van der Waals surface area contributed by atoms with E-state index in [-0.39, 0.29) is 11.4 Å². The third kappa shape index (κ3) is 3.64. The van der Waals surface area contributed by atoms with Crippen LogP contribution >= 0.6 is 0 Å². The van der Waals surface area contributed by atoms with E-state index in [1.807, 2.05) is 0 Å². The number of benzene rings is 1. The molecular weight excluding hydrogens is 386 g/mol. The van der Waals surface area contributed by atoms with Crippen molar-refractivity contribution < 1.29 is 27.9 Å². The molecule has 0 fully saturated rings. The van der Waals surface area contributed by atoms with Gasteiger partial charge in [-0.2, -0.15) is 0 Å². The van der Waals surface area contributed by atoms with E-state index in [2.05, 4.69) is 4.98 Å². The number of carbonyl (C=O) groups is 1. The van der Waals surface area contributed by atoms with Crippen molar-refractivity contribution in [2.75, 3.05) is 25.1 Å². The summed E-state index contributed by atoms with van der Waals surface area (Å²) in [5, 5.41) is 8.51. The minimum atomic E-state index is -3.83. The largest absolute Gasteiger partial charge is 0.493 e. The second-order valence-corrected chi connectivity index (χ2v) is 7.77. The lowest BCUT2D eigenvalue weighted by molar-refractivity contribution is -0.124. The van der Waals surface area contributed by atoms with Crippen molar-refractivity contribution in [3.8, 4) is 11.5 Å². The highest BCUT2D eigenvalue weighted by molar-refractivity contribution is 7.92. The summed E-state index contributed by atoms with van der Waals surface area (Å²) in [5.41, 5.74) is 2.86. The molecule has 0 saturated carbocycles. The zero-order valence-corrected chi connectivity index (χ0v) is 16.1. The van der Waals surface area contributed by atoms with Crippen LogP contribution in [0, 0.1) is 0 Å². The molecule has 1 amide bonds. The lowest BCUT2D eigenvalue weighted by Crippen LogP contribution is -2.29. The van der Waals surface area contributed by atoms with Crippen LogP contribution in [0.15, 0.2) is 41.4 Å².